The van der Waals surface area contributed by atoms with Crippen LogP contribution in [0.2, 0.25) is 0 Å². The first-order chi connectivity index (χ1) is 10.8. The summed E-state index contributed by atoms with van der Waals surface area (Å²) in [6.45, 7) is 2.52. The Morgan fingerprint density at radius 3 is 2.95 bits per heavy atom. The van der Waals surface area contributed by atoms with Gasteiger partial charge in [0.25, 0.3) is 0 Å². The highest BCUT2D eigenvalue weighted by Crippen LogP contribution is 2.22. The van der Waals surface area contributed by atoms with E-state index in [9.17, 15) is 4.79 Å². The molecule has 5 nitrogen and oxygen atoms in total. The Balaban J connectivity index is 1.68. The molecule has 2 heterocycles. The fraction of sp³-hybridized carbons (Fsp3) is 0.176. The van der Waals surface area contributed by atoms with Gasteiger partial charge in [0.2, 0.25) is 5.91 Å². The fourth-order valence-corrected chi connectivity index (χ4v) is 2.32. The van der Waals surface area contributed by atoms with Gasteiger partial charge in [-0.1, -0.05) is 6.07 Å². The average Bonchev–Trinajstić information content (AvgIpc) is 2.99. The number of pyridine rings is 1. The van der Waals surface area contributed by atoms with Crippen molar-refractivity contribution in [1.29, 1.82) is 0 Å². The molecule has 0 fully saturated rings. The van der Waals surface area contributed by atoms with Gasteiger partial charge < -0.3 is 15.0 Å². The van der Waals surface area contributed by atoms with E-state index in [1.54, 1.807) is 12.3 Å². The number of nitrogens with zero attached hydrogens (tertiary/aromatic N) is 1. The maximum atomic E-state index is 12.2. The van der Waals surface area contributed by atoms with Crippen LogP contribution in [0.5, 0.6) is 5.75 Å². The summed E-state index contributed by atoms with van der Waals surface area (Å²) in [4.78, 5) is 19.5. The zero-order valence-electron chi connectivity index (χ0n) is 12.3. The molecule has 0 saturated heterocycles. The first-order valence-electron chi connectivity index (χ1n) is 7.20. The van der Waals surface area contributed by atoms with E-state index in [0.717, 1.165) is 16.6 Å². The van der Waals surface area contributed by atoms with Gasteiger partial charge in [0.15, 0.2) is 0 Å². The SMILES string of the molecule is CCOc1ccc(CC(=O)Nc2cccc3[nH]ccc23)nc1. The molecule has 0 aliphatic heterocycles. The molecule has 0 aliphatic rings. The number of fused-ring (bicyclic) bond motifs is 1. The summed E-state index contributed by atoms with van der Waals surface area (Å²) in [7, 11) is 0. The minimum absolute atomic E-state index is 0.0923. The molecule has 0 radical (unpaired) electrons. The Kier molecular flexibility index (Phi) is 4.05. The van der Waals surface area contributed by atoms with E-state index in [-0.39, 0.29) is 12.3 Å². The molecule has 0 atom stereocenters. The molecule has 1 aromatic carbocycles. The smallest absolute Gasteiger partial charge is 0.230 e. The number of rotatable bonds is 5. The number of nitrogens with one attached hydrogen (secondary N) is 2. The summed E-state index contributed by atoms with van der Waals surface area (Å²) >= 11 is 0. The van der Waals surface area contributed by atoms with Gasteiger partial charge in [0, 0.05) is 22.8 Å². The summed E-state index contributed by atoms with van der Waals surface area (Å²) < 4.78 is 5.33. The molecule has 2 aromatic heterocycles. The van der Waals surface area contributed by atoms with Crippen LogP contribution in [-0.2, 0) is 11.2 Å². The third kappa shape index (κ3) is 3.09. The number of hydrogen-bond acceptors (Lipinski definition) is 3. The van der Waals surface area contributed by atoms with Crippen molar-refractivity contribution in [2.75, 3.05) is 11.9 Å². The Bertz CT molecular complexity index is 778. The third-order valence-electron chi connectivity index (χ3n) is 3.32. The monoisotopic (exact) mass is 295 g/mol. The highest BCUT2D eigenvalue weighted by Gasteiger charge is 2.08. The van der Waals surface area contributed by atoms with E-state index in [2.05, 4.69) is 15.3 Å². The van der Waals surface area contributed by atoms with Crippen LogP contribution in [0, 0.1) is 0 Å². The van der Waals surface area contributed by atoms with E-state index < -0.39 is 0 Å². The molecule has 0 unspecified atom stereocenters. The molecule has 3 aromatic rings. The zero-order valence-corrected chi connectivity index (χ0v) is 12.3. The van der Waals surface area contributed by atoms with Gasteiger partial charge in [0.1, 0.15) is 5.75 Å². The molecule has 3 rings (SSSR count). The van der Waals surface area contributed by atoms with Crippen LogP contribution < -0.4 is 10.1 Å². The molecule has 22 heavy (non-hydrogen) atoms. The van der Waals surface area contributed by atoms with Gasteiger partial charge in [-0.05, 0) is 37.3 Å². The maximum Gasteiger partial charge on any atom is 0.230 e. The lowest BCUT2D eigenvalue weighted by molar-refractivity contribution is -0.115. The number of carbonyl (C=O) groups excluding carboxylic acids is 1. The van der Waals surface area contributed by atoms with Gasteiger partial charge in [-0.15, -0.1) is 0 Å². The summed E-state index contributed by atoms with van der Waals surface area (Å²) in [6.07, 6.45) is 3.72. The number of benzene rings is 1. The number of aromatic nitrogens is 2. The first-order valence-corrected chi connectivity index (χ1v) is 7.20. The molecule has 0 bridgehead atoms. The van der Waals surface area contributed by atoms with Crippen LogP contribution in [0.4, 0.5) is 5.69 Å². The second-order valence-electron chi connectivity index (χ2n) is 4.89. The molecule has 1 amide bonds. The number of ether oxygens (including phenoxy) is 1. The van der Waals surface area contributed by atoms with Gasteiger partial charge in [0.05, 0.1) is 24.9 Å². The van der Waals surface area contributed by atoms with Crippen molar-refractivity contribution in [2.24, 2.45) is 0 Å². The molecule has 0 aliphatic carbocycles. The quantitative estimate of drug-likeness (QED) is 0.760. The number of aromatic amines is 1. The average molecular weight is 295 g/mol. The fourth-order valence-electron chi connectivity index (χ4n) is 2.32. The second kappa shape index (κ2) is 6.30. The molecular weight excluding hydrogens is 278 g/mol. The van der Waals surface area contributed by atoms with E-state index in [1.165, 1.54) is 0 Å². The number of carbonyl (C=O) groups is 1. The van der Waals surface area contributed by atoms with Crippen molar-refractivity contribution in [3.05, 3.63) is 54.5 Å². The van der Waals surface area contributed by atoms with Crippen molar-refractivity contribution in [2.45, 2.75) is 13.3 Å². The summed E-state index contributed by atoms with van der Waals surface area (Å²) in [5.74, 6) is 0.620. The number of H-pyrrole nitrogens is 1. The lowest BCUT2D eigenvalue weighted by Crippen LogP contribution is -2.15. The van der Waals surface area contributed by atoms with Crippen LogP contribution in [0.1, 0.15) is 12.6 Å². The molecule has 5 heteroatoms. The number of hydrogen-bond donors (Lipinski definition) is 2. The summed E-state index contributed by atoms with van der Waals surface area (Å²) in [6, 6.07) is 11.3. The van der Waals surface area contributed by atoms with Crippen LogP contribution in [0.25, 0.3) is 10.9 Å². The molecule has 0 saturated carbocycles. The first kappa shape index (κ1) is 14.1. The Morgan fingerprint density at radius 2 is 2.18 bits per heavy atom. The van der Waals surface area contributed by atoms with Crippen LogP contribution in [-0.4, -0.2) is 22.5 Å². The number of amides is 1. The van der Waals surface area contributed by atoms with Gasteiger partial charge in [-0.2, -0.15) is 0 Å². The summed E-state index contributed by atoms with van der Waals surface area (Å²) in [5.41, 5.74) is 2.51. The molecular formula is C17H17N3O2. The molecule has 0 spiro atoms. The minimum atomic E-state index is -0.0923. The van der Waals surface area contributed by atoms with E-state index in [1.807, 2.05) is 43.5 Å². The molecule has 2 N–H and O–H groups in total. The topological polar surface area (TPSA) is 67.0 Å². The Labute approximate surface area is 128 Å². The van der Waals surface area contributed by atoms with E-state index in [0.29, 0.717) is 18.1 Å². The predicted octanol–water partition coefficient (Wildman–Crippen LogP) is 3.14. The van der Waals surface area contributed by atoms with Crippen LogP contribution in [0.3, 0.4) is 0 Å². The van der Waals surface area contributed by atoms with Gasteiger partial charge >= 0.3 is 0 Å². The maximum absolute atomic E-state index is 12.2. The second-order valence-corrected chi connectivity index (χ2v) is 4.89. The standard InChI is InChI=1S/C17H17N3O2/c1-2-22-13-7-6-12(19-11-13)10-17(21)20-16-5-3-4-15-14(16)8-9-18-15/h3-9,11,18H,2,10H2,1H3,(H,20,21). The lowest BCUT2D eigenvalue weighted by atomic mass is 10.2. The largest absolute Gasteiger partial charge is 0.492 e. The van der Waals surface area contributed by atoms with Gasteiger partial charge in [-0.25, -0.2) is 0 Å². The zero-order chi connectivity index (χ0) is 15.4. The van der Waals surface area contributed by atoms with Crippen LogP contribution >= 0.6 is 0 Å². The van der Waals surface area contributed by atoms with Crippen molar-refractivity contribution < 1.29 is 9.53 Å². The van der Waals surface area contributed by atoms with Gasteiger partial charge in [-0.3, -0.25) is 9.78 Å². The normalized spacial score (nSPS) is 10.6. The highest BCUT2D eigenvalue weighted by molar-refractivity contribution is 6.01. The van der Waals surface area contributed by atoms with Crippen molar-refractivity contribution in [3.8, 4) is 5.75 Å². The van der Waals surface area contributed by atoms with Crippen LogP contribution in [0.15, 0.2) is 48.8 Å². The van der Waals surface area contributed by atoms with Crippen molar-refractivity contribution in [1.82, 2.24) is 9.97 Å². The minimum Gasteiger partial charge on any atom is -0.492 e. The summed E-state index contributed by atoms with van der Waals surface area (Å²) in [5, 5.41) is 3.92. The number of anilines is 1. The predicted molar refractivity (Wildman–Crippen MR) is 86.0 cm³/mol. The Hall–Kier alpha value is -2.82. The van der Waals surface area contributed by atoms with E-state index >= 15 is 0 Å². The third-order valence-corrected chi connectivity index (χ3v) is 3.32. The lowest BCUT2D eigenvalue weighted by Gasteiger charge is -2.07. The highest BCUT2D eigenvalue weighted by atomic mass is 16.5. The van der Waals surface area contributed by atoms with Crippen molar-refractivity contribution in [3.63, 3.8) is 0 Å². The molecule has 112 valence electrons. The van der Waals surface area contributed by atoms with Crippen molar-refractivity contribution >= 4 is 22.5 Å². The Morgan fingerprint density at radius 1 is 1.27 bits per heavy atom. The van der Waals surface area contributed by atoms with E-state index in [4.69, 9.17) is 4.74 Å².